The van der Waals surface area contributed by atoms with Crippen LogP contribution in [-0.2, 0) is 0 Å². The van der Waals surface area contributed by atoms with Crippen LogP contribution in [0.4, 0.5) is 34.4 Å². The Kier molecular flexibility index (Phi) is 20.3. The maximum absolute atomic E-state index is 9.13. The number of nitrogen functional groups attached to an aromatic ring is 2. The second-order valence-corrected chi connectivity index (χ2v) is 19.7. The molecule has 8 heterocycles. The van der Waals surface area contributed by atoms with Crippen molar-refractivity contribution >= 4 is 34.4 Å². The van der Waals surface area contributed by atoms with Crippen molar-refractivity contribution in [3.05, 3.63) is 24.5 Å². The molecule has 18 nitrogen and oxygen atoms in total. The van der Waals surface area contributed by atoms with Gasteiger partial charge >= 0.3 is 0 Å². The summed E-state index contributed by atoms with van der Waals surface area (Å²) in [7, 11) is 4.44. The summed E-state index contributed by atoms with van der Waals surface area (Å²) in [5.74, 6) is 2.20. The van der Waals surface area contributed by atoms with E-state index < -0.39 is 0 Å². The Morgan fingerprint density at radius 1 is 0.379 bits per heavy atom. The molecular weight excluding hydrogens is 833 g/mol. The second-order valence-electron chi connectivity index (χ2n) is 19.7. The third-order valence-electron chi connectivity index (χ3n) is 14.9. The molecular formula is C48H88N16O2. The molecule has 6 aliphatic heterocycles. The van der Waals surface area contributed by atoms with Crippen molar-refractivity contribution in [3.8, 4) is 0 Å². The summed E-state index contributed by atoms with van der Waals surface area (Å²) in [6, 6.07) is 4.23. The molecule has 0 unspecified atom stereocenters. The predicted octanol–water partition coefficient (Wildman–Crippen LogP) is -0.145. The van der Waals surface area contributed by atoms with Crippen molar-refractivity contribution in [2.45, 2.75) is 25.7 Å². The minimum Gasteiger partial charge on any atom is -0.397 e. The van der Waals surface area contributed by atoms with Crippen molar-refractivity contribution < 1.29 is 10.2 Å². The Morgan fingerprint density at radius 3 is 0.970 bits per heavy atom. The molecule has 6 aliphatic rings. The molecule has 0 aromatic carbocycles. The molecule has 0 saturated carbocycles. The monoisotopic (exact) mass is 921 g/mol. The minimum absolute atomic E-state index is 0.255. The third kappa shape index (κ3) is 15.4. The highest BCUT2D eigenvalue weighted by atomic mass is 16.3. The van der Waals surface area contributed by atoms with Gasteiger partial charge in [0.1, 0.15) is 0 Å². The first-order valence-corrected chi connectivity index (χ1v) is 25.7. The lowest BCUT2D eigenvalue weighted by Gasteiger charge is -2.39. The van der Waals surface area contributed by atoms with Crippen LogP contribution in [0.1, 0.15) is 25.7 Å². The van der Waals surface area contributed by atoms with E-state index in [1.54, 1.807) is 6.20 Å². The van der Waals surface area contributed by atoms with Crippen LogP contribution < -0.4 is 31.1 Å². The molecule has 4 saturated heterocycles. The average Bonchev–Trinajstić information content (AvgIpc) is 3.33. The van der Waals surface area contributed by atoms with Crippen molar-refractivity contribution in [1.82, 2.24) is 49.2 Å². The van der Waals surface area contributed by atoms with E-state index in [0.29, 0.717) is 0 Å². The maximum Gasteiger partial charge on any atom is 0.152 e. The summed E-state index contributed by atoms with van der Waals surface area (Å²) in [4.78, 5) is 39.2. The Balaban J connectivity index is 0.000000198. The Bertz CT molecular complexity index is 1680. The van der Waals surface area contributed by atoms with Crippen LogP contribution in [0.2, 0.25) is 0 Å². The molecule has 4 fully saturated rings. The van der Waals surface area contributed by atoms with E-state index in [0.717, 1.165) is 167 Å². The number of aromatic nitrogens is 2. The Hall–Kier alpha value is -3.30. The van der Waals surface area contributed by atoms with Crippen LogP contribution in [0.25, 0.3) is 0 Å². The second kappa shape index (κ2) is 26.5. The first-order chi connectivity index (χ1) is 32.2. The maximum atomic E-state index is 9.13. The summed E-state index contributed by atoms with van der Waals surface area (Å²) in [6.45, 7) is 33.2. The van der Waals surface area contributed by atoms with Gasteiger partial charge < -0.3 is 70.7 Å². The fraction of sp³-hybridized carbons (Fsp3) is 0.792. The molecule has 6 N–H and O–H groups in total. The fourth-order valence-electron chi connectivity index (χ4n) is 10.6. The van der Waals surface area contributed by atoms with Crippen molar-refractivity contribution in [3.63, 3.8) is 0 Å². The summed E-state index contributed by atoms with van der Waals surface area (Å²) >= 11 is 0. The van der Waals surface area contributed by atoms with E-state index in [1.165, 1.54) is 89.7 Å². The zero-order valence-corrected chi connectivity index (χ0v) is 41.1. The molecule has 0 bridgehead atoms. The highest BCUT2D eigenvalue weighted by molar-refractivity contribution is 5.73. The number of rotatable bonds is 20. The number of hydrogen-bond donors (Lipinski definition) is 4. The van der Waals surface area contributed by atoms with Crippen LogP contribution in [0.15, 0.2) is 24.5 Å². The van der Waals surface area contributed by atoms with Gasteiger partial charge in [0.25, 0.3) is 0 Å². The first-order valence-electron chi connectivity index (χ1n) is 25.7. The molecule has 0 aliphatic carbocycles. The molecule has 0 radical (unpaired) electrons. The van der Waals surface area contributed by atoms with Crippen molar-refractivity contribution in [1.29, 1.82) is 0 Å². The number of anilines is 6. The van der Waals surface area contributed by atoms with Crippen LogP contribution in [0, 0.1) is 0 Å². The van der Waals surface area contributed by atoms with Crippen LogP contribution in [0.5, 0.6) is 0 Å². The van der Waals surface area contributed by atoms with E-state index in [-0.39, 0.29) is 13.2 Å². The van der Waals surface area contributed by atoms with Crippen molar-refractivity contribution in [2.75, 3.05) is 255 Å². The molecule has 2 aromatic heterocycles. The summed E-state index contributed by atoms with van der Waals surface area (Å²) in [5.41, 5.74) is 16.2. The van der Waals surface area contributed by atoms with Crippen LogP contribution in [-0.4, -0.2) is 283 Å². The summed E-state index contributed by atoms with van der Waals surface area (Å²) in [6.07, 6.45) is 8.27. The highest BCUT2D eigenvalue weighted by Crippen LogP contribution is 2.34. The van der Waals surface area contributed by atoms with Gasteiger partial charge in [-0.1, -0.05) is 0 Å². The standard InChI is InChI=1S/C25H46N8O2.C23H42N8/c26-23-21-24-25(27-22-23)33(6-2-4-29-9-13-31(14-10-29)18-20-35)16-15-32(24)5-1-3-28-7-11-30(12-8-28)17-19-34;1-26-9-13-28(14-10-26)5-3-7-30-17-18-31(23-22(30)19-21(24)20-25-23)8-4-6-29-15-11-27(2)12-16-29/h21-22,34-35H,1-20,26H2;19-20H,3-18,24H2,1-2H3. The molecule has 8 rings (SSSR count). The Morgan fingerprint density at radius 2 is 0.652 bits per heavy atom. The topological polar surface area (TPSA) is 157 Å². The van der Waals surface area contributed by atoms with E-state index in [9.17, 15) is 0 Å². The smallest absolute Gasteiger partial charge is 0.152 e. The van der Waals surface area contributed by atoms with Crippen LogP contribution >= 0.6 is 0 Å². The van der Waals surface area contributed by atoms with E-state index in [1.807, 2.05) is 6.20 Å². The number of hydrogen-bond acceptors (Lipinski definition) is 18. The number of nitrogens with two attached hydrogens (primary N) is 2. The predicted molar refractivity (Wildman–Crippen MR) is 272 cm³/mol. The Labute approximate surface area is 397 Å². The van der Waals surface area contributed by atoms with Gasteiger partial charge in [0.05, 0.1) is 48.4 Å². The van der Waals surface area contributed by atoms with Gasteiger partial charge in [0.15, 0.2) is 11.6 Å². The number of β-amino-alcohol motifs (C(OH)–C–C–N with tert-alkyl or cyclic N) is 2. The number of nitrogens with zero attached hydrogens (tertiary/aromatic N) is 14. The summed E-state index contributed by atoms with van der Waals surface area (Å²) in [5, 5.41) is 18.3. The zero-order valence-electron chi connectivity index (χ0n) is 41.1. The van der Waals surface area contributed by atoms with Gasteiger partial charge in [-0.05, 0) is 78.1 Å². The molecule has 2 aromatic rings. The zero-order chi connectivity index (χ0) is 46.1. The molecule has 372 valence electrons. The largest absolute Gasteiger partial charge is 0.397 e. The fourth-order valence-corrected chi connectivity index (χ4v) is 10.6. The van der Waals surface area contributed by atoms with Gasteiger partial charge in [-0.25, -0.2) is 9.97 Å². The highest BCUT2D eigenvalue weighted by Gasteiger charge is 2.27. The lowest BCUT2D eigenvalue weighted by molar-refractivity contribution is 0.112. The lowest BCUT2D eigenvalue weighted by Crippen LogP contribution is -2.48. The van der Waals surface area contributed by atoms with Gasteiger partial charge in [0, 0.05) is 170 Å². The van der Waals surface area contributed by atoms with Gasteiger partial charge in [-0.15, -0.1) is 0 Å². The SMILES string of the molecule is CN1CCN(CCCN2CCN(CCCN3CCN(C)CC3)c3ncc(N)cc32)CC1.Nc1cnc2c(c1)N(CCCN1CCN(CCO)CC1)CCN2CCCN1CCN(CCO)CC1. The number of pyridine rings is 2. The first kappa shape index (κ1) is 50.6. The van der Waals surface area contributed by atoms with Gasteiger partial charge in [0.2, 0.25) is 0 Å². The van der Waals surface area contributed by atoms with Gasteiger partial charge in [-0.2, -0.15) is 0 Å². The number of aliphatic hydroxyl groups is 2. The number of likely N-dealkylation sites (N-methyl/N-ethyl adjacent to an activating group) is 2. The van der Waals surface area contributed by atoms with E-state index in [2.05, 4.69) is 85.0 Å². The molecule has 0 atom stereocenters. The van der Waals surface area contributed by atoms with Crippen molar-refractivity contribution in [2.24, 2.45) is 0 Å². The number of piperazine rings is 4. The molecule has 66 heavy (non-hydrogen) atoms. The molecule has 0 spiro atoms. The van der Waals surface area contributed by atoms with Crippen LogP contribution in [0.3, 0.4) is 0 Å². The average molecular weight is 921 g/mol. The molecule has 18 heteroatoms. The quantitative estimate of drug-likeness (QED) is 0.139. The third-order valence-corrected chi connectivity index (χ3v) is 14.9. The van der Waals surface area contributed by atoms with Gasteiger partial charge in [-0.3, -0.25) is 9.80 Å². The number of fused-ring (bicyclic) bond motifs is 2. The van der Waals surface area contributed by atoms with E-state index >= 15 is 0 Å². The lowest BCUT2D eigenvalue weighted by atomic mass is 10.2. The number of aliphatic hydroxyl groups excluding tert-OH is 2. The minimum atomic E-state index is 0.255. The normalized spacial score (nSPS) is 21.5. The molecule has 0 amide bonds. The summed E-state index contributed by atoms with van der Waals surface area (Å²) < 4.78 is 0. The van der Waals surface area contributed by atoms with E-state index in [4.69, 9.17) is 31.6 Å².